The topological polar surface area (TPSA) is 110 Å². The molecule has 0 bridgehead atoms. The van der Waals surface area contributed by atoms with Gasteiger partial charge in [0.2, 0.25) is 10.0 Å². The molecular formula is C25H25FN6O3S. The van der Waals surface area contributed by atoms with Crippen LogP contribution in [0, 0.1) is 12.7 Å². The Bertz CT molecular complexity index is 1490. The molecule has 0 aliphatic carbocycles. The highest BCUT2D eigenvalue weighted by Gasteiger charge is 2.29. The lowest BCUT2D eigenvalue weighted by molar-refractivity contribution is 0.0730. The molecule has 186 valence electrons. The average molecular weight is 509 g/mol. The summed E-state index contributed by atoms with van der Waals surface area (Å²) in [5, 5.41) is 21.0. The van der Waals surface area contributed by atoms with E-state index in [1.807, 2.05) is 32.0 Å². The molecule has 3 heterocycles. The number of rotatable bonds is 6. The third kappa shape index (κ3) is 4.77. The summed E-state index contributed by atoms with van der Waals surface area (Å²) in [4.78, 5) is 0.113. The minimum atomic E-state index is -3.87. The minimum Gasteiger partial charge on any atom is -0.379 e. The molecule has 1 aliphatic heterocycles. The summed E-state index contributed by atoms with van der Waals surface area (Å²) in [6.45, 7) is 4.95. The first-order valence-electron chi connectivity index (χ1n) is 11.5. The van der Waals surface area contributed by atoms with Crippen LogP contribution in [0.1, 0.15) is 24.4 Å². The molecule has 2 aromatic heterocycles. The van der Waals surface area contributed by atoms with Crippen LogP contribution < -0.4 is 5.32 Å². The van der Waals surface area contributed by atoms with Crippen molar-refractivity contribution in [2.24, 2.45) is 0 Å². The molecule has 5 rings (SSSR count). The molecule has 0 spiro atoms. The number of morpholine rings is 1. The van der Waals surface area contributed by atoms with Crippen molar-refractivity contribution in [3.05, 3.63) is 71.9 Å². The minimum absolute atomic E-state index is 0.113. The van der Waals surface area contributed by atoms with Crippen molar-refractivity contribution in [2.75, 3.05) is 31.6 Å². The van der Waals surface area contributed by atoms with Gasteiger partial charge in [-0.15, -0.1) is 5.10 Å². The Hall–Kier alpha value is -3.54. The van der Waals surface area contributed by atoms with E-state index in [4.69, 9.17) is 4.74 Å². The zero-order chi connectivity index (χ0) is 25.3. The number of nitrogens with one attached hydrogen (secondary N) is 1. The Morgan fingerprint density at radius 3 is 2.42 bits per heavy atom. The second kappa shape index (κ2) is 9.84. The number of hydrogen-bond acceptors (Lipinski definition) is 8. The van der Waals surface area contributed by atoms with Gasteiger partial charge in [-0.1, -0.05) is 12.1 Å². The second-order valence-corrected chi connectivity index (χ2v) is 10.5. The van der Waals surface area contributed by atoms with Crippen LogP contribution in [0.4, 0.5) is 10.2 Å². The lowest BCUT2D eigenvalue weighted by atomic mass is 10.0. The zero-order valence-corrected chi connectivity index (χ0v) is 20.7. The van der Waals surface area contributed by atoms with Crippen molar-refractivity contribution < 1.29 is 17.5 Å². The van der Waals surface area contributed by atoms with Crippen molar-refractivity contribution in [3.8, 4) is 11.1 Å². The van der Waals surface area contributed by atoms with Gasteiger partial charge in [-0.05, 0) is 61.4 Å². The fraction of sp³-hybridized carbons (Fsp3) is 0.280. The quantitative estimate of drug-likeness (QED) is 0.420. The standard InChI is InChI=1S/C25H25FN6O3S/c1-16-3-8-23(30-29-16)17(2)28-25-21-13-19(18-4-6-20(26)7-5-18)14-24(22(21)15-27-31-25)36(33,34)32-9-11-35-12-10-32/h3-8,13-15,17H,9-12H2,1-2H3,(H,28,31)/t17-/m1/s1. The van der Waals surface area contributed by atoms with Crippen LogP contribution in [0.2, 0.25) is 0 Å². The Morgan fingerprint density at radius 1 is 0.972 bits per heavy atom. The van der Waals surface area contributed by atoms with Crippen LogP contribution in [-0.2, 0) is 14.8 Å². The van der Waals surface area contributed by atoms with E-state index in [0.717, 1.165) is 5.69 Å². The molecular weight excluding hydrogens is 483 g/mol. The van der Waals surface area contributed by atoms with Gasteiger partial charge in [-0.2, -0.15) is 19.6 Å². The van der Waals surface area contributed by atoms with Gasteiger partial charge in [-0.3, -0.25) is 0 Å². The highest BCUT2D eigenvalue weighted by molar-refractivity contribution is 7.89. The Kier molecular flexibility index (Phi) is 6.61. The molecule has 1 aliphatic rings. The highest BCUT2D eigenvalue weighted by Crippen LogP contribution is 2.35. The molecule has 0 radical (unpaired) electrons. The van der Waals surface area contributed by atoms with E-state index in [1.54, 1.807) is 18.2 Å². The monoisotopic (exact) mass is 508 g/mol. The maximum absolute atomic E-state index is 13.7. The normalized spacial score (nSPS) is 15.6. The van der Waals surface area contributed by atoms with Crippen LogP contribution in [0.3, 0.4) is 0 Å². The maximum atomic E-state index is 13.7. The van der Waals surface area contributed by atoms with Gasteiger partial charge in [0.05, 0.1) is 41.7 Å². The molecule has 1 atom stereocenters. The zero-order valence-electron chi connectivity index (χ0n) is 19.8. The van der Waals surface area contributed by atoms with Gasteiger partial charge < -0.3 is 10.1 Å². The number of aromatic nitrogens is 4. The number of hydrogen-bond donors (Lipinski definition) is 1. The first-order valence-corrected chi connectivity index (χ1v) is 13.0. The van der Waals surface area contributed by atoms with Crippen LogP contribution >= 0.6 is 0 Å². The van der Waals surface area contributed by atoms with E-state index in [9.17, 15) is 12.8 Å². The fourth-order valence-corrected chi connectivity index (χ4v) is 5.75. The number of sulfonamides is 1. The van der Waals surface area contributed by atoms with E-state index < -0.39 is 10.0 Å². The fourth-order valence-electron chi connectivity index (χ4n) is 4.13. The lowest BCUT2D eigenvalue weighted by Crippen LogP contribution is -2.40. The summed E-state index contributed by atoms with van der Waals surface area (Å²) in [5.41, 5.74) is 2.80. The number of fused-ring (bicyclic) bond motifs is 1. The molecule has 11 heteroatoms. The van der Waals surface area contributed by atoms with Crippen molar-refractivity contribution in [1.29, 1.82) is 0 Å². The summed E-state index contributed by atoms with van der Waals surface area (Å²) < 4.78 is 47.9. The van der Waals surface area contributed by atoms with Crippen LogP contribution in [0.25, 0.3) is 21.9 Å². The van der Waals surface area contributed by atoms with E-state index >= 15 is 0 Å². The number of nitrogens with zero attached hydrogens (tertiary/aromatic N) is 5. The first kappa shape index (κ1) is 24.2. The second-order valence-electron chi connectivity index (χ2n) is 8.62. The molecule has 36 heavy (non-hydrogen) atoms. The number of ether oxygens (including phenoxy) is 1. The van der Waals surface area contributed by atoms with Crippen LogP contribution in [0.5, 0.6) is 0 Å². The molecule has 1 N–H and O–H groups in total. The van der Waals surface area contributed by atoms with Crippen LogP contribution in [0.15, 0.2) is 59.6 Å². The van der Waals surface area contributed by atoms with E-state index in [2.05, 4.69) is 25.7 Å². The van der Waals surface area contributed by atoms with Gasteiger partial charge in [0.15, 0.2) is 5.82 Å². The van der Waals surface area contributed by atoms with Crippen molar-refractivity contribution in [2.45, 2.75) is 24.8 Å². The molecule has 1 saturated heterocycles. The summed E-state index contributed by atoms with van der Waals surface area (Å²) in [6, 6.07) is 12.8. The highest BCUT2D eigenvalue weighted by atomic mass is 32.2. The third-order valence-corrected chi connectivity index (χ3v) is 8.06. The molecule has 4 aromatic rings. The maximum Gasteiger partial charge on any atom is 0.243 e. The summed E-state index contributed by atoms with van der Waals surface area (Å²) in [6.07, 6.45) is 1.46. The molecule has 1 fully saturated rings. The number of benzene rings is 2. The van der Waals surface area contributed by atoms with E-state index in [-0.39, 0.29) is 29.8 Å². The molecule has 0 unspecified atom stereocenters. The predicted octanol–water partition coefficient (Wildman–Crippen LogP) is 3.73. The molecule has 9 nitrogen and oxygen atoms in total. The number of halogens is 1. The smallest absolute Gasteiger partial charge is 0.243 e. The van der Waals surface area contributed by atoms with Gasteiger partial charge in [0, 0.05) is 23.9 Å². The SMILES string of the molecule is Cc1ccc([C@@H](C)Nc2nncc3c(S(=O)(=O)N4CCOCC4)cc(-c4ccc(F)cc4)cc23)nn1. The van der Waals surface area contributed by atoms with E-state index in [0.29, 0.717) is 46.6 Å². The molecule has 0 saturated carbocycles. The Balaban J connectivity index is 1.66. The van der Waals surface area contributed by atoms with Gasteiger partial charge in [0.25, 0.3) is 0 Å². The summed E-state index contributed by atoms with van der Waals surface area (Å²) >= 11 is 0. The van der Waals surface area contributed by atoms with Crippen molar-refractivity contribution in [3.63, 3.8) is 0 Å². The van der Waals surface area contributed by atoms with Gasteiger partial charge in [-0.25, -0.2) is 12.8 Å². The summed E-state index contributed by atoms with van der Waals surface area (Å²) in [5.74, 6) is 0.0340. The summed E-state index contributed by atoms with van der Waals surface area (Å²) in [7, 11) is -3.87. The molecule has 0 amide bonds. The average Bonchev–Trinajstić information content (AvgIpc) is 2.89. The lowest BCUT2D eigenvalue weighted by Gasteiger charge is -2.27. The first-order chi connectivity index (χ1) is 17.3. The van der Waals surface area contributed by atoms with Crippen molar-refractivity contribution in [1.82, 2.24) is 24.7 Å². The number of aryl methyl sites for hydroxylation is 1. The number of anilines is 1. The van der Waals surface area contributed by atoms with Crippen molar-refractivity contribution >= 4 is 26.6 Å². The largest absolute Gasteiger partial charge is 0.379 e. The van der Waals surface area contributed by atoms with Gasteiger partial charge >= 0.3 is 0 Å². The predicted molar refractivity (Wildman–Crippen MR) is 133 cm³/mol. The van der Waals surface area contributed by atoms with E-state index in [1.165, 1.54) is 22.6 Å². The van der Waals surface area contributed by atoms with Gasteiger partial charge in [0.1, 0.15) is 5.82 Å². The molecule has 2 aromatic carbocycles. The Labute approximate surface area is 208 Å². The Morgan fingerprint density at radius 2 is 1.72 bits per heavy atom. The third-order valence-electron chi connectivity index (χ3n) is 6.12. The van der Waals surface area contributed by atoms with Crippen LogP contribution in [-0.4, -0.2) is 59.4 Å².